The van der Waals surface area contributed by atoms with Crippen LogP contribution >= 0.6 is 0 Å². The Bertz CT molecular complexity index is 1540. The summed E-state index contributed by atoms with van der Waals surface area (Å²) >= 11 is 0. The highest BCUT2D eigenvalue weighted by Gasteiger charge is 2.39. The van der Waals surface area contributed by atoms with Crippen LogP contribution in [0.1, 0.15) is 56.7 Å². The zero-order chi connectivity index (χ0) is 30.8. The lowest BCUT2D eigenvalue weighted by molar-refractivity contribution is 0.00975. The van der Waals surface area contributed by atoms with Crippen molar-refractivity contribution in [2.45, 2.75) is 32.4 Å². The predicted octanol–water partition coefficient (Wildman–Crippen LogP) is 6.60. The highest BCUT2D eigenvalue weighted by atomic mass is 16.5. The monoisotopic (exact) mass is 584 g/mol. The quantitative estimate of drug-likeness (QED) is 0.183. The summed E-state index contributed by atoms with van der Waals surface area (Å²) in [7, 11) is 0. The van der Waals surface area contributed by atoms with E-state index in [1.807, 2.05) is 54.6 Å². The van der Waals surface area contributed by atoms with Gasteiger partial charge in [-0.05, 0) is 72.5 Å². The third-order valence-electron chi connectivity index (χ3n) is 7.79. The van der Waals surface area contributed by atoms with E-state index in [1.54, 1.807) is 48.5 Å². The molecule has 0 aliphatic heterocycles. The molecule has 44 heavy (non-hydrogen) atoms. The Morgan fingerprint density at radius 3 is 1.57 bits per heavy atom. The maximum absolute atomic E-state index is 12.4. The van der Waals surface area contributed by atoms with Gasteiger partial charge in [-0.25, -0.2) is 4.85 Å². The van der Waals surface area contributed by atoms with Gasteiger partial charge in [-0.15, -0.1) is 0 Å². The van der Waals surface area contributed by atoms with Crippen LogP contribution in [0.15, 0.2) is 97.1 Å². The topological polar surface area (TPSA) is 105 Å². The summed E-state index contributed by atoms with van der Waals surface area (Å²) in [4.78, 5) is 28.1. The number of hydrogen-bond acceptors (Lipinski definition) is 5. The molecule has 1 fully saturated rings. The SMILES string of the molecule is [C-]#[N+]c1ccc(C(=O)NCc2ccc(OCC3(COc4ccc(CNC(=O)c5ccc(C#N)cc5)cc4)CCC3)cc2)cc1. The van der Waals surface area contributed by atoms with E-state index in [9.17, 15) is 9.59 Å². The van der Waals surface area contributed by atoms with Gasteiger partial charge in [0, 0.05) is 29.6 Å². The third kappa shape index (κ3) is 7.81. The van der Waals surface area contributed by atoms with E-state index in [-0.39, 0.29) is 17.2 Å². The van der Waals surface area contributed by atoms with Crippen molar-refractivity contribution in [1.82, 2.24) is 10.6 Å². The first kappa shape index (κ1) is 29.9. The Kier molecular flexibility index (Phi) is 9.54. The lowest BCUT2D eigenvalue weighted by atomic mass is 9.70. The Balaban J connectivity index is 1.05. The summed E-state index contributed by atoms with van der Waals surface area (Å²) in [5.41, 5.74) is 3.93. The van der Waals surface area contributed by atoms with Gasteiger partial charge in [0.25, 0.3) is 11.8 Å². The first-order valence-corrected chi connectivity index (χ1v) is 14.4. The molecule has 0 unspecified atom stereocenters. The molecule has 8 nitrogen and oxygen atoms in total. The average molecular weight is 585 g/mol. The van der Waals surface area contributed by atoms with Crippen molar-refractivity contribution in [2.75, 3.05) is 13.2 Å². The van der Waals surface area contributed by atoms with Crippen molar-refractivity contribution < 1.29 is 19.1 Å². The van der Waals surface area contributed by atoms with Gasteiger partial charge in [0.2, 0.25) is 0 Å². The molecule has 0 bridgehead atoms. The molecule has 2 amide bonds. The minimum absolute atomic E-state index is 0.0385. The van der Waals surface area contributed by atoms with Gasteiger partial charge in [-0.3, -0.25) is 9.59 Å². The van der Waals surface area contributed by atoms with Crippen LogP contribution in [-0.4, -0.2) is 25.0 Å². The minimum Gasteiger partial charge on any atom is -0.493 e. The highest BCUT2D eigenvalue weighted by Crippen LogP contribution is 2.41. The van der Waals surface area contributed by atoms with Crippen LogP contribution in [0.25, 0.3) is 4.85 Å². The van der Waals surface area contributed by atoms with Crippen molar-refractivity contribution in [2.24, 2.45) is 5.41 Å². The maximum Gasteiger partial charge on any atom is 0.251 e. The second-order valence-corrected chi connectivity index (χ2v) is 10.9. The van der Waals surface area contributed by atoms with E-state index in [2.05, 4.69) is 15.5 Å². The molecule has 1 aliphatic carbocycles. The lowest BCUT2D eigenvalue weighted by Crippen LogP contribution is -2.41. The van der Waals surface area contributed by atoms with E-state index >= 15 is 0 Å². The van der Waals surface area contributed by atoms with Crippen LogP contribution in [0.5, 0.6) is 11.5 Å². The van der Waals surface area contributed by atoms with Crippen LogP contribution in [0.4, 0.5) is 5.69 Å². The Morgan fingerprint density at radius 2 is 1.18 bits per heavy atom. The first-order chi connectivity index (χ1) is 21.4. The minimum atomic E-state index is -0.191. The van der Waals surface area contributed by atoms with Gasteiger partial charge in [0.05, 0.1) is 31.4 Å². The van der Waals surface area contributed by atoms with Crippen molar-refractivity contribution >= 4 is 17.5 Å². The summed E-state index contributed by atoms with van der Waals surface area (Å²) < 4.78 is 12.3. The van der Waals surface area contributed by atoms with Crippen LogP contribution < -0.4 is 20.1 Å². The van der Waals surface area contributed by atoms with E-state index < -0.39 is 0 Å². The number of benzene rings is 4. The summed E-state index contributed by atoms with van der Waals surface area (Å²) in [6, 6.07) is 30.6. The molecule has 2 N–H and O–H groups in total. The number of ether oxygens (including phenoxy) is 2. The Morgan fingerprint density at radius 1 is 0.727 bits per heavy atom. The van der Waals surface area contributed by atoms with Crippen molar-refractivity contribution in [3.63, 3.8) is 0 Å². The zero-order valence-electron chi connectivity index (χ0n) is 24.2. The molecule has 0 heterocycles. The molecule has 5 rings (SSSR count). The van der Waals surface area contributed by atoms with Crippen LogP contribution in [0.2, 0.25) is 0 Å². The predicted molar refractivity (Wildman–Crippen MR) is 166 cm³/mol. The molecule has 1 aliphatic rings. The number of carbonyl (C=O) groups excluding carboxylic acids is 2. The van der Waals surface area contributed by atoms with E-state index in [0.29, 0.717) is 48.7 Å². The fraction of sp³-hybridized carbons (Fsp3) is 0.222. The van der Waals surface area contributed by atoms with Gasteiger partial charge in [0.15, 0.2) is 5.69 Å². The van der Waals surface area contributed by atoms with Gasteiger partial charge in [0.1, 0.15) is 11.5 Å². The molecule has 0 spiro atoms. The molecule has 0 radical (unpaired) electrons. The third-order valence-corrected chi connectivity index (χ3v) is 7.79. The van der Waals surface area contributed by atoms with Gasteiger partial charge >= 0.3 is 0 Å². The van der Waals surface area contributed by atoms with Crippen molar-refractivity contribution in [1.29, 1.82) is 5.26 Å². The first-order valence-electron chi connectivity index (χ1n) is 14.4. The van der Waals surface area contributed by atoms with E-state index in [4.69, 9.17) is 21.3 Å². The van der Waals surface area contributed by atoms with Crippen LogP contribution in [-0.2, 0) is 13.1 Å². The number of nitrogens with one attached hydrogen (secondary N) is 2. The maximum atomic E-state index is 12.4. The standard InChI is InChI=1S/C36H32N4O4/c1-38-31-13-11-30(12-14-31)35(42)40-23-28-7-17-33(18-8-28)44-25-36(19-2-20-36)24-43-32-15-5-27(6-16-32)22-39-34(41)29-9-3-26(21-37)4-10-29/h3-18H,2,19-20,22-25H2,(H,39,41)(H,40,42). The molecular formula is C36H32N4O4. The molecular weight excluding hydrogens is 552 g/mol. The molecule has 0 saturated heterocycles. The number of carbonyl (C=O) groups is 2. The second kappa shape index (κ2) is 14.0. The molecule has 4 aromatic rings. The summed E-state index contributed by atoms with van der Waals surface area (Å²) in [6.45, 7) is 8.91. The van der Waals surface area contributed by atoms with Crippen molar-refractivity contribution in [3.05, 3.63) is 136 Å². The number of amides is 2. The Hall–Kier alpha value is -5.60. The largest absolute Gasteiger partial charge is 0.493 e. The number of nitriles is 1. The number of nitrogens with zero attached hydrogens (tertiary/aromatic N) is 2. The van der Waals surface area contributed by atoms with Gasteiger partial charge < -0.3 is 20.1 Å². The number of hydrogen-bond donors (Lipinski definition) is 2. The van der Waals surface area contributed by atoms with Crippen LogP contribution in [0.3, 0.4) is 0 Å². The van der Waals surface area contributed by atoms with Gasteiger partial charge in [-0.1, -0.05) is 55.0 Å². The Labute approximate surface area is 257 Å². The lowest BCUT2D eigenvalue weighted by Gasteiger charge is -2.41. The fourth-order valence-corrected chi connectivity index (χ4v) is 4.84. The molecule has 1 saturated carbocycles. The van der Waals surface area contributed by atoms with Crippen molar-refractivity contribution in [3.8, 4) is 17.6 Å². The van der Waals surface area contributed by atoms with Crippen LogP contribution in [0, 0.1) is 23.3 Å². The fourth-order valence-electron chi connectivity index (χ4n) is 4.84. The molecule has 0 atom stereocenters. The zero-order valence-corrected chi connectivity index (χ0v) is 24.2. The molecule has 0 aromatic heterocycles. The summed E-state index contributed by atoms with van der Waals surface area (Å²) in [5, 5.41) is 14.7. The molecule has 8 heteroatoms. The smallest absolute Gasteiger partial charge is 0.251 e. The van der Waals surface area contributed by atoms with E-state index in [0.717, 1.165) is 41.9 Å². The van der Waals surface area contributed by atoms with Gasteiger partial charge in [-0.2, -0.15) is 5.26 Å². The average Bonchev–Trinajstić information content (AvgIpc) is 3.06. The number of rotatable bonds is 12. The molecule has 220 valence electrons. The van der Waals surface area contributed by atoms with E-state index in [1.165, 1.54) is 0 Å². The summed E-state index contributed by atoms with van der Waals surface area (Å²) in [6.07, 6.45) is 3.21. The normalized spacial score (nSPS) is 13.0. The summed E-state index contributed by atoms with van der Waals surface area (Å²) in [5.74, 6) is 1.17. The highest BCUT2D eigenvalue weighted by molar-refractivity contribution is 5.94. The molecule has 4 aromatic carbocycles. The second-order valence-electron chi connectivity index (χ2n) is 10.9.